The molecule has 0 amide bonds. The van der Waals surface area contributed by atoms with E-state index in [1.165, 1.54) is 0 Å². The van der Waals surface area contributed by atoms with E-state index in [0.717, 1.165) is 11.3 Å². The van der Waals surface area contributed by atoms with Crippen LogP contribution >= 0.6 is 0 Å². The Morgan fingerprint density at radius 3 is 2.25 bits per heavy atom. The Morgan fingerprint density at radius 2 is 1.69 bits per heavy atom. The van der Waals surface area contributed by atoms with Crippen LogP contribution in [-0.2, 0) is 0 Å². The van der Waals surface area contributed by atoms with Gasteiger partial charge >= 0.3 is 7.12 Å². The summed E-state index contributed by atoms with van der Waals surface area (Å²) in [6.45, 7) is 1.77. The minimum Gasteiger partial charge on any atom is -0.423 e. The van der Waals surface area contributed by atoms with Crippen LogP contribution in [0.5, 0.6) is 0 Å². The molecule has 4 heteroatoms. The average Bonchev–Trinajstić information content (AvgIpc) is 2.29. The van der Waals surface area contributed by atoms with Gasteiger partial charge in [-0.3, -0.25) is 4.98 Å². The average molecular weight is 213 g/mol. The third-order valence-electron chi connectivity index (χ3n) is 2.47. The van der Waals surface area contributed by atoms with E-state index < -0.39 is 7.12 Å². The van der Waals surface area contributed by atoms with Crippen LogP contribution in [0, 0.1) is 6.92 Å². The van der Waals surface area contributed by atoms with Crippen LogP contribution in [0.1, 0.15) is 5.69 Å². The van der Waals surface area contributed by atoms with Crippen molar-refractivity contribution in [3.05, 3.63) is 48.2 Å². The molecular formula is C12H12BNO2. The molecule has 0 aliphatic rings. The third-order valence-corrected chi connectivity index (χ3v) is 2.47. The first-order chi connectivity index (χ1) is 7.68. The normalized spacial score (nSPS) is 10.2. The quantitative estimate of drug-likeness (QED) is 0.723. The summed E-state index contributed by atoms with van der Waals surface area (Å²) in [6, 6.07) is 13.3. The monoisotopic (exact) mass is 213 g/mol. The summed E-state index contributed by atoms with van der Waals surface area (Å²) >= 11 is 0. The van der Waals surface area contributed by atoms with Crippen LogP contribution < -0.4 is 5.46 Å². The fourth-order valence-corrected chi connectivity index (χ4v) is 1.61. The standard InChI is InChI=1S/C12H12BNO2/c1-9-11(13(15)16)7-8-12(14-9)10-5-3-2-4-6-10/h2-8,15-16H,1H3. The highest BCUT2D eigenvalue weighted by Gasteiger charge is 2.15. The third kappa shape index (κ3) is 2.13. The Morgan fingerprint density at radius 1 is 1.00 bits per heavy atom. The lowest BCUT2D eigenvalue weighted by atomic mass is 9.79. The SMILES string of the molecule is Cc1nc(-c2ccccc2)ccc1B(O)O. The second kappa shape index (κ2) is 4.47. The van der Waals surface area contributed by atoms with Gasteiger partial charge in [0.15, 0.2) is 0 Å². The fourth-order valence-electron chi connectivity index (χ4n) is 1.61. The smallest absolute Gasteiger partial charge is 0.423 e. The molecule has 1 aromatic carbocycles. The summed E-state index contributed by atoms with van der Waals surface area (Å²) in [5.41, 5.74) is 2.93. The first-order valence-electron chi connectivity index (χ1n) is 5.07. The summed E-state index contributed by atoms with van der Waals surface area (Å²) in [5.74, 6) is 0. The molecule has 80 valence electrons. The molecular weight excluding hydrogens is 201 g/mol. The van der Waals surface area contributed by atoms with E-state index in [4.69, 9.17) is 10.0 Å². The van der Waals surface area contributed by atoms with Crippen LogP contribution in [0.4, 0.5) is 0 Å². The van der Waals surface area contributed by atoms with Gasteiger partial charge in [-0.1, -0.05) is 36.4 Å². The maximum Gasteiger partial charge on any atom is 0.490 e. The molecule has 2 rings (SSSR count). The molecule has 16 heavy (non-hydrogen) atoms. The highest BCUT2D eigenvalue weighted by atomic mass is 16.4. The maximum atomic E-state index is 9.08. The van der Waals surface area contributed by atoms with Crippen molar-refractivity contribution in [2.24, 2.45) is 0 Å². The predicted molar refractivity (Wildman–Crippen MR) is 64.2 cm³/mol. The Bertz CT molecular complexity index is 486. The van der Waals surface area contributed by atoms with E-state index >= 15 is 0 Å². The number of hydrogen-bond acceptors (Lipinski definition) is 3. The molecule has 0 aliphatic carbocycles. The van der Waals surface area contributed by atoms with E-state index in [1.54, 1.807) is 19.1 Å². The highest BCUT2D eigenvalue weighted by Crippen LogP contribution is 2.15. The van der Waals surface area contributed by atoms with Gasteiger partial charge in [-0.05, 0) is 13.0 Å². The van der Waals surface area contributed by atoms with Crippen LogP contribution in [0.15, 0.2) is 42.5 Å². The van der Waals surface area contributed by atoms with E-state index in [2.05, 4.69) is 4.98 Å². The molecule has 2 N–H and O–H groups in total. The summed E-state index contributed by atoms with van der Waals surface area (Å²) in [4.78, 5) is 4.34. The van der Waals surface area contributed by atoms with Crippen molar-refractivity contribution in [1.82, 2.24) is 4.98 Å². The molecule has 1 heterocycles. The molecule has 3 nitrogen and oxygen atoms in total. The summed E-state index contributed by atoms with van der Waals surface area (Å²) < 4.78 is 0. The van der Waals surface area contributed by atoms with Gasteiger partial charge in [0, 0.05) is 16.7 Å². The van der Waals surface area contributed by atoms with Crippen molar-refractivity contribution in [3.8, 4) is 11.3 Å². The lowest BCUT2D eigenvalue weighted by Gasteiger charge is -2.06. The lowest BCUT2D eigenvalue weighted by molar-refractivity contribution is 0.425. The van der Waals surface area contributed by atoms with Crippen molar-refractivity contribution in [3.63, 3.8) is 0 Å². The molecule has 0 saturated carbocycles. The van der Waals surface area contributed by atoms with Crippen molar-refractivity contribution < 1.29 is 10.0 Å². The zero-order valence-corrected chi connectivity index (χ0v) is 8.96. The summed E-state index contributed by atoms with van der Waals surface area (Å²) in [6.07, 6.45) is 0. The number of pyridine rings is 1. The van der Waals surface area contributed by atoms with Crippen LogP contribution in [0.2, 0.25) is 0 Å². The molecule has 0 spiro atoms. The first kappa shape index (κ1) is 10.9. The largest absolute Gasteiger partial charge is 0.490 e. The first-order valence-corrected chi connectivity index (χ1v) is 5.07. The fraction of sp³-hybridized carbons (Fsp3) is 0.0833. The van der Waals surface area contributed by atoms with Crippen molar-refractivity contribution >= 4 is 12.6 Å². The van der Waals surface area contributed by atoms with E-state index in [0.29, 0.717) is 11.2 Å². The van der Waals surface area contributed by atoms with E-state index in [9.17, 15) is 0 Å². The zero-order valence-electron chi connectivity index (χ0n) is 8.96. The molecule has 0 atom stereocenters. The molecule has 0 unspecified atom stereocenters. The van der Waals surface area contributed by atoms with Crippen LogP contribution in [-0.4, -0.2) is 22.2 Å². The van der Waals surface area contributed by atoms with Crippen LogP contribution in [0.25, 0.3) is 11.3 Å². The Balaban J connectivity index is 2.43. The van der Waals surface area contributed by atoms with Crippen molar-refractivity contribution in [1.29, 1.82) is 0 Å². The van der Waals surface area contributed by atoms with E-state index in [-0.39, 0.29) is 0 Å². The van der Waals surface area contributed by atoms with Gasteiger partial charge in [0.05, 0.1) is 5.69 Å². The Labute approximate surface area is 94.6 Å². The molecule has 0 radical (unpaired) electrons. The number of nitrogens with zero attached hydrogens (tertiary/aromatic N) is 1. The number of aryl methyl sites for hydroxylation is 1. The number of hydrogen-bond donors (Lipinski definition) is 2. The minimum atomic E-state index is -1.46. The highest BCUT2D eigenvalue weighted by molar-refractivity contribution is 6.59. The minimum absolute atomic E-state index is 0.444. The molecule has 0 bridgehead atoms. The van der Waals surface area contributed by atoms with Gasteiger partial charge in [0.25, 0.3) is 0 Å². The van der Waals surface area contributed by atoms with Gasteiger partial charge in [-0.2, -0.15) is 0 Å². The number of rotatable bonds is 2. The Hall–Kier alpha value is -1.65. The van der Waals surface area contributed by atoms with E-state index in [1.807, 2.05) is 30.3 Å². The van der Waals surface area contributed by atoms with Crippen LogP contribution in [0.3, 0.4) is 0 Å². The van der Waals surface area contributed by atoms with Crippen molar-refractivity contribution in [2.75, 3.05) is 0 Å². The van der Waals surface area contributed by atoms with Crippen molar-refractivity contribution in [2.45, 2.75) is 6.92 Å². The van der Waals surface area contributed by atoms with Gasteiger partial charge in [0.2, 0.25) is 0 Å². The lowest BCUT2D eigenvalue weighted by Crippen LogP contribution is -2.32. The van der Waals surface area contributed by atoms with Gasteiger partial charge in [-0.15, -0.1) is 0 Å². The topological polar surface area (TPSA) is 53.4 Å². The molecule has 0 aliphatic heterocycles. The summed E-state index contributed by atoms with van der Waals surface area (Å²) in [7, 11) is -1.46. The molecule has 0 saturated heterocycles. The van der Waals surface area contributed by atoms with Gasteiger partial charge in [0.1, 0.15) is 0 Å². The predicted octanol–water partition coefficient (Wildman–Crippen LogP) is 0.737. The molecule has 1 aromatic heterocycles. The maximum absolute atomic E-state index is 9.08. The zero-order chi connectivity index (χ0) is 11.5. The molecule has 0 fully saturated rings. The number of aromatic nitrogens is 1. The second-order valence-electron chi connectivity index (χ2n) is 3.61. The Kier molecular flexibility index (Phi) is 3.03. The molecule has 2 aromatic rings. The summed E-state index contributed by atoms with van der Waals surface area (Å²) in [5, 5.41) is 18.2. The van der Waals surface area contributed by atoms with Gasteiger partial charge in [-0.25, -0.2) is 0 Å². The van der Waals surface area contributed by atoms with Gasteiger partial charge < -0.3 is 10.0 Å². The second-order valence-corrected chi connectivity index (χ2v) is 3.61. The number of benzene rings is 1.